The molecule has 0 fully saturated rings. The van der Waals surface area contributed by atoms with E-state index in [-0.39, 0.29) is 5.56 Å². The number of allylic oxidation sites excluding steroid dienone is 1. The fourth-order valence-corrected chi connectivity index (χ4v) is 4.90. The Bertz CT molecular complexity index is 1030. The zero-order valence-electron chi connectivity index (χ0n) is 17.6. The maximum Gasteiger partial charge on any atom is 0.259 e. The molecule has 0 spiro atoms. The summed E-state index contributed by atoms with van der Waals surface area (Å²) >= 11 is 12.7. The van der Waals surface area contributed by atoms with E-state index < -0.39 is 0 Å². The van der Waals surface area contributed by atoms with E-state index in [4.69, 9.17) is 28.2 Å². The molecule has 1 aromatic carbocycles. The van der Waals surface area contributed by atoms with Crippen LogP contribution in [0.4, 0.5) is 11.6 Å². The number of nitrogens with zero attached hydrogens (tertiary/aromatic N) is 4. The van der Waals surface area contributed by atoms with Crippen LogP contribution in [-0.2, 0) is 13.1 Å². The molecule has 2 heterocycles. The Morgan fingerprint density at radius 3 is 2.70 bits per heavy atom. The first-order valence-electron chi connectivity index (χ1n) is 10.7. The van der Waals surface area contributed by atoms with Gasteiger partial charge >= 0.3 is 0 Å². The average Bonchev–Trinajstić information content (AvgIpc) is 2.73. The Hall–Kier alpha value is -1.82. The minimum Gasteiger partial charge on any atom is -0.297 e. The van der Waals surface area contributed by atoms with E-state index in [1.807, 2.05) is 30.9 Å². The molecule has 2 aliphatic rings. The Morgan fingerprint density at radius 1 is 1.17 bits per heavy atom. The molecule has 0 amide bonds. The molecule has 4 rings (SSSR count). The van der Waals surface area contributed by atoms with Crippen molar-refractivity contribution in [2.75, 3.05) is 18.1 Å². The molecule has 0 radical (unpaired) electrons. The van der Waals surface area contributed by atoms with Crippen molar-refractivity contribution in [3.63, 3.8) is 0 Å². The third kappa shape index (κ3) is 4.29. The molecular weight excluding hydrogens is 419 g/mol. The summed E-state index contributed by atoms with van der Waals surface area (Å²) in [5.41, 5.74) is 3.94. The maximum absolute atomic E-state index is 13.2. The number of rotatable bonds is 5. The van der Waals surface area contributed by atoms with Crippen LogP contribution in [0.5, 0.6) is 0 Å². The Labute approximate surface area is 187 Å². The fraction of sp³-hybridized carbons (Fsp3) is 0.478. The summed E-state index contributed by atoms with van der Waals surface area (Å²) in [5.74, 6) is 0.645. The summed E-state index contributed by atoms with van der Waals surface area (Å²) in [6.45, 7) is 5.98. The molecular formula is C23H28Cl2N4O. The summed E-state index contributed by atoms with van der Waals surface area (Å²) in [6, 6.07) is 5.46. The molecule has 0 unspecified atom stereocenters. The zero-order chi connectivity index (χ0) is 21.3. The van der Waals surface area contributed by atoms with E-state index in [0.717, 1.165) is 29.9 Å². The van der Waals surface area contributed by atoms with Crippen molar-refractivity contribution in [3.05, 3.63) is 61.5 Å². The Morgan fingerprint density at radius 2 is 2.00 bits per heavy atom. The van der Waals surface area contributed by atoms with Gasteiger partial charge in [-0.3, -0.25) is 19.2 Å². The molecule has 0 saturated carbocycles. The summed E-state index contributed by atoms with van der Waals surface area (Å²) in [4.78, 5) is 22.4. The van der Waals surface area contributed by atoms with E-state index in [2.05, 4.69) is 11.0 Å². The lowest BCUT2D eigenvalue weighted by Crippen LogP contribution is -2.48. The van der Waals surface area contributed by atoms with E-state index in [0.29, 0.717) is 35.8 Å². The lowest BCUT2D eigenvalue weighted by Gasteiger charge is -2.39. The molecule has 0 atom stereocenters. The number of aromatic nitrogens is 2. The van der Waals surface area contributed by atoms with Crippen molar-refractivity contribution in [2.24, 2.45) is 0 Å². The van der Waals surface area contributed by atoms with Crippen LogP contribution in [0, 0.1) is 6.92 Å². The van der Waals surface area contributed by atoms with Gasteiger partial charge in [-0.05, 0) is 63.6 Å². The van der Waals surface area contributed by atoms with Crippen LogP contribution in [0.3, 0.4) is 0 Å². The highest BCUT2D eigenvalue weighted by molar-refractivity contribution is 6.36. The monoisotopic (exact) mass is 446 g/mol. The Balaban J connectivity index is 1.71. The van der Waals surface area contributed by atoms with Crippen molar-refractivity contribution in [1.29, 1.82) is 0 Å². The van der Waals surface area contributed by atoms with E-state index in [9.17, 15) is 4.79 Å². The first-order valence-corrected chi connectivity index (χ1v) is 11.5. The topological polar surface area (TPSA) is 41.4 Å². The highest BCUT2D eigenvalue weighted by atomic mass is 35.5. The van der Waals surface area contributed by atoms with Gasteiger partial charge in [0.05, 0.1) is 24.0 Å². The molecule has 0 bridgehead atoms. The van der Waals surface area contributed by atoms with Gasteiger partial charge in [0.25, 0.3) is 5.56 Å². The normalized spacial score (nSPS) is 17.1. The second-order valence-electron chi connectivity index (χ2n) is 8.12. The van der Waals surface area contributed by atoms with Gasteiger partial charge in [0.1, 0.15) is 0 Å². The first kappa shape index (κ1) is 21.4. The van der Waals surface area contributed by atoms with Crippen LogP contribution < -0.4 is 10.5 Å². The molecule has 0 N–H and O–H groups in total. The van der Waals surface area contributed by atoms with Crippen molar-refractivity contribution >= 4 is 34.8 Å². The number of anilines is 2. The van der Waals surface area contributed by atoms with E-state index >= 15 is 0 Å². The minimum atomic E-state index is 0.0386. The lowest BCUT2D eigenvalue weighted by molar-refractivity contribution is 0.199. The SMILES string of the molecule is CCc1c(C)nc2n(c1=O)CN(CCC1=CCCCC1)CN2c1ccc(Cl)cc1Cl. The third-order valence-electron chi connectivity index (χ3n) is 6.06. The zero-order valence-corrected chi connectivity index (χ0v) is 19.1. The van der Waals surface area contributed by atoms with Crippen LogP contribution >= 0.6 is 23.2 Å². The molecule has 1 aliphatic carbocycles. The Kier molecular flexibility index (Phi) is 6.51. The molecule has 1 aromatic heterocycles. The van der Waals surface area contributed by atoms with Gasteiger partial charge in [0, 0.05) is 22.8 Å². The van der Waals surface area contributed by atoms with Crippen molar-refractivity contribution < 1.29 is 0 Å². The lowest BCUT2D eigenvalue weighted by atomic mass is 9.97. The molecule has 1 aliphatic heterocycles. The van der Waals surface area contributed by atoms with Crippen molar-refractivity contribution in [1.82, 2.24) is 14.5 Å². The number of hydrogen-bond acceptors (Lipinski definition) is 4. The molecule has 2 aromatic rings. The quantitative estimate of drug-likeness (QED) is 0.553. The number of hydrogen-bond donors (Lipinski definition) is 0. The van der Waals surface area contributed by atoms with E-state index in [1.54, 1.807) is 10.6 Å². The van der Waals surface area contributed by atoms with Gasteiger partial charge in [0.2, 0.25) is 5.95 Å². The largest absolute Gasteiger partial charge is 0.297 e. The molecule has 160 valence electrons. The summed E-state index contributed by atoms with van der Waals surface area (Å²) < 4.78 is 1.79. The first-order chi connectivity index (χ1) is 14.5. The average molecular weight is 447 g/mol. The molecule has 0 saturated heterocycles. The summed E-state index contributed by atoms with van der Waals surface area (Å²) in [5, 5.41) is 1.14. The van der Waals surface area contributed by atoms with Crippen LogP contribution in [-0.4, -0.2) is 27.7 Å². The summed E-state index contributed by atoms with van der Waals surface area (Å²) in [7, 11) is 0. The minimum absolute atomic E-state index is 0.0386. The second-order valence-corrected chi connectivity index (χ2v) is 8.97. The van der Waals surface area contributed by atoms with E-state index in [1.165, 1.54) is 31.3 Å². The number of benzene rings is 1. The standard InChI is InChI=1S/C23H28Cl2N4O/c1-3-19-16(2)26-23-28(21-10-9-18(24)13-20(21)25)14-27(15-29(23)22(19)30)12-11-17-7-5-4-6-8-17/h7,9-10,13H,3-6,8,11-12,14-15H2,1-2H3. The third-order valence-corrected chi connectivity index (χ3v) is 6.60. The van der Waals surface area contributed by atoms with Crippen LogP contribution in [0.2, 0.25) is 10.0 Å². The van der Waals surface area contributed by atoms with Crippen molar-refractivity contribution in [3.8, 4) is 0 Å². The highest BCUT2D eigenvalue weighted by Crippen LogP contribution is 2.35. The van der Waals surface area contributed by atoms with Crippen LogP contribution in [0.15, 0.2) is 34.6 Å². The number of aryl methyl sites for hydroxylation is 1. The summed E-state index contributed by atoms with van der Waals surface area (Å²) in [6.07, 6.45) is 9.05. The highest BCUT2D eigenvalue weighted by Gasteiger charge is 2.28. The smallest absolute Gasteiger partial charge is 0.259 e. The van der Waals surface area contributed by atoms with Crippen molar-refractivity contribution in [2.45, 2.75) is 59.0 Å². The van der Waals surface area contributed by atoms with Gasteiger partial charge in [-0.15, -0.1) is 0 Å². The van der Waals surface area contributed by atoms with Gasteiger partial charge < -0.3 is 0 Å². The molecule has 7 heteroatoms. The predicted octanol–water partition coefficient (Wildman–Crippen LogP) is 5.68. The molecule has 5 nitrogen and oxygen atoms in total. The van der Waals surface area contributed by atoms with Gasteiger partial charge in [-0.2, -0.15) is 0 Å². The predicted molar refractivity (Wildman–Crippen MR) is 124 cm³/mol. The van der Waals surface area contributed by atoms with Gasteiger partial charge in [-0.1, -0.05) is 41.8 Å². The maximum atomic E-state index is 13.2. The van der Waals surface area contributed by atoms with Gasteiger partial charge in [-0.25, -0.2) is 4.98 Å². The molecule has 30 heavy (non-hydrogen) atoms. The van der Waals surface area contributed by atoms with Crippen LogP contribution in [0.25, 0.3) is 0 Å². The number of halogens is 2. The number of fused-ring (bicyclic) bond motifs is 1. The second kappa shape index (κ2) is 9.13. The van der Waals surface area contributed by atoms with Crippen LogP contribution in [0.1, 0.15) is 50.3 Å². The van der Waals surface area contributed by atoms with Gasteiger partial charge in [0.15, 0.2) is 0 Å². The fourth-order valence-electron chi connectivity index (χ4n) is 4.39.